The van der Waals surface area contributed by atoms with Crippen LogP contribution in [0, 0.1) is 11.8 Å². The van der Waals surface area contributed by atoms with Crippen LogP contribution in [0.5, 0.6) is 0 Å². The summed E-state index contributed by atoms with van der Waals surface area (Å²) >= 11 is 1.65. The second-order valence-electron chi connectivity index (χ2n) is 8.90. The van der Waals surface area contributed by atoms with Gasteiger partial charge < -0.3 is 4.74 Å². The number of esters is 1. The number of imide groups is 1. The number of rotatable bonds is 7. The SMILES string of the molecule is CCOC(=O)CN1C(=O)[C@@]2(N[C@@H](CCSC)[C@H]3C(=O)N(c4ccccc4)C(=O)[C@@H]32)c2ccccc21. The number of hydrogen-bond acceptors (Lipinski definition) is 7. The van der Waals surface area contributed by atoms with Crippen LogP contribution in [0.3, 0.4) is 0 Å². The van der Waals surface area contributed by atoms with E-state index >= 15 is 0 Å². The van der Waals surface area contributed by atoms with Crippen LogP contribution in [0.2, 0.25) is 0 Å². The zero-order valence-electron chi connectivity index (χ0n) is 19.6. The molecular formula is C26H27N3O5S. The molecule has 35 heavy (non-hydrogen) atoms. The van der Waals surface area contributed by atoms with Gasteiger partial charge >= 0.3 is 5.97 Å². The molecule has 5 rings (SSSR count). The molecule has 3 aliphatic heterocycles. The first-order valence-corrected chi connectivity index (χ1v) is 13.1. The van der Waals surface area contributed by atoms with Crippen LogP contribution in [0.25, 0.3) is 0 Å². The lowest BCUT2D eigenvalue weighted by Gasteiger charge is -2.30. The summed E-state index contributed by atoms with van der Waals surface area (Å²) in [5, 5.41) is 3.45. The van der Waals surface area contributed by atoms with Crippen molar-refractivity contribution >= 4 is 46.8 Å². The van der Waals surface area contributed by atoms with E-state index in [4.69, 9.17) is 4.74 Å². The number of nitrogens with zero attached hydrogens (tertiary/aromatic N) is 2. The predicted molar refractivity (Wildman–Crippen MR) is 133 cm³/mol. The van der Waals surface area contributed by atoms with Crippen molar-refractivity contribution in [1.82, 2.24) is 5.32 Å². The van der Waals surface area contributed by atoms with Crippen molar-refractivity contribution in [3.05, 3.63) is 60.2 Å². The molecule has 2 saturated heterocycles. The highest BCUT2D eigenvalue weighted by molar-refractivity contribution is 7.98. The lowest BCUT2D eigenvalue weighted by atomic mass is 9.76. The Labute approximate surface area is 208 Å². The van der Waals surface area contributed by atoms with Crippen LogP contribution in [-0.2, 0) is 29.5 Å². The molecule has 1 spiro atoms. The van der Waals surface area contributed by atoms with Crippen LogP contribution in [-0.4, -0.2) is 54.9 Å². The highest BCUT2D eigenvalue weighted by atomic mass is 32.2. The fourth-order valence-electron chi connectivity index (χ4n) is 5.76. The van der Waals surface area contributed by atoms with Gasteiger partial charge in [-0.1, -0.05) is 36.4 Å². The molecule has 9 heteroatoms. The van der Waals surface area contributed by atoms with E-state index in [1.807, 2.05) is 24.5 Å². The van der Waals surface area contributed by atoms with E-state index in [1.54, 1.807) is 55.1 Å². The molecule has 0 aliphatic carbocycles. The van der Waals surface area contributed by atoms with Gasteiger partial charge in [0, 0.05) is 17.3 Å². The number of benzene rings is 2. The molecule has 1 N–H and O–H groups in total. The molecule has 2 aromatic rings. The molecule has 0 saturated carbocycles. The molecule has 0 unspecified atom stereocenters. The van der Waals surface area contributed by atoms with Crippen molar-refractivity contribution in [1.29, 1.82) is 0 Å². The second-order valence-corrected chi connectivity index (χ2v) is 9.89. The number of ether oxygens (including phenoxy) is 1. The topological polar surface area (TPSA) is 96.0 Å². The monoisotopic (exact) mass is 493 g/mol. The predicted octanol–water partition coefficient (Wildman–Crippen LogP) is 2.32. The number of anilines is 2. The molecule has 3 aliphatic rings. The van der Waals surface area contributed by atoms with Crippen LogP contribution in [0.15, 0.2) is 54.6 Å². The zero-order valence-corrected chi connectivity index (χ0v) is 20.4. The smallest absolute Gasteiger partial charge is 0.326 e. The van der Waals surface area contributed by atoms with Gasteiger partial charge in [-0.25, -0.2) is 4.90 Å². The average molecular weight is 494 g/mol. The Morgan fingerprint density at radius 1 is 1.06 bits per heavy atom. The van der Waals surface area contributed by atoms with E-state index in [2.05, 4.69) is 5.32 Å². The van der Waals surface area contributed by atoms with Crippen molar-refractivity contribution in [2.24, 2.45) is 11.8 Å². The highest BCUT2D eigenvalue weighted by Gasteiger charge is 2.71. The van der Waals surface area contributed by atoms with Crippen LogP contribution < -0.4 is 15.1 Å². The quantitative estimate of drug-likeness (QED) is 0.467. The Balaban J connectivity index is 1.63. The summed E-state index contributed by atoms with van der Waals surface area (Å²) in [7, 11) is 0. The van der Waals surface area contributed by atoms with E-state index in [1.165, 1.54) is 9.80 Å². The minimum Gasteiger partial charge on any atom is -0.465 e. The van der Waals surface area contributed by atoms with E-state index in [0.29, 0.717) is 23.4 Å². The first-order valence-electron chi connectivity index (χ1n) is 11.7. The maximum absolute atomic E-state index is 14.2. The summed E-state index contributed by atoms with van der Waals surface area (Å²) in [5.74, 6) is -2.45. The third kappa shape index (κ3) is 3.48. The number of carbonyl (C=O) groups is 4. The fraction of sp³-hybridized carbons (Fsp3) is 0.385. The Morgan fingerprint density at radius 2 is 1.77 bits per heavy atom. The minimum atomic E-state index is -1.42. The fourth-order valence-corrected chi connectivity index (χ4v) is 6.25. The number of para-hydroxylation sites is 2. The first kappa shape index (κ1) is 23.6. The van der Waals surface area contributed by atoms with E-state index < -0.39 is 35.2 Å². The lowest BCUT2D eigenvalue weighted by Crippen LogP contribution is -2.55. The van der Waals surface area contributed by atoms with E-state index in [9.17, 15) is 19.2 Å². The van der Waals surface area contributed by atoms with Crippen molar-refractivity contribution in [2.75, 3.05) is 35.0 Å². The van der Waals surface area contributed by atoms with Crippen LogP contribution in [0.4, 0.5) is 11.4 Å². The number of carbonyl (C=O) groups excluding carboxylic acids is 4. The van der Waals surface area contributed by atoms with Gasteiger partial charge in [-0.2, -0.15) is 11.8 Å². The van der Waals surface area contributed by atoms with Crippen molar-refractivity contribution in [3.63, 3.8) is 0 Å². The number of hydrogen-bond donors (Lipinski definition) is 1. The van der Waals surface area contributed by atoms with Gasteiger partial charge in [0.15, 0.2) is 0 Å². The third-order valence-corrected chi connectivity index (χ3v) is 7.75. The molecular weight excluding hydrogens is 466 g/mol. The molecule has 8 nitrogen and oxygen atoms in total. The number of nitrogens with one attached hydrogen (secondary N) is 1. The normalized spacial score (nSPS) is 27.0. The third-order valence-electron chi connectivity index (χ3n) is 7.11. The summed E-state index contributed by atoms with van der Waals surface area (Å²) in [6.07, 6.45) is 2.61. The summed E-state index contributed by atoms with van der Waals surface area (Å²) in [6.45, 7) is 1.65. The molecule has 4 atom stereocenters. The standard InChI is InChI=1S/C26H27N3O5S/c1-3-34-20(30)15-28-19-12-8-7-11-17(19)26(25(28)33)22-21(18(27-26)13-14-35-2)23(31)29(24(22)32)16-9-5-4-6-10-16/h4-12,18,21-22,27H,3,13-15H2,1-2H3/t18-,21+,22+,26+/m0/s1. The lowest BCUT2D eigenvalue weighted by molar-refractivity contribution is -0.142. The van der Waals surface area contributed by atoms with Crippen molar-refractivity contribution < 1.29 is 23.9 Å². The molecule has 182 valence electrons. The number of amides is 3. The van der Waals surface area contributed by atoms with Gasteiger partial charge in [-0.15, -0.1) is 0 Å². The van der Waals surface area contributed by atoms with Gasteiger partial charge in [-0.05, 0) is 43.6 Å². The summed E-state index contributed by atoms with van der Waals surface area (Å²) in [4.78, 5) is 56.8. The average Bonchev–Trinajstić information content (AvgIpc) is 3.43. The van der Waals surface area contributed by atoms with E-state index in [0.717, 1.165) is 5.75 Å². The van der Waals surface area contributed by atoms with Gasteiger partial charge in [-0.3, -0.25) is 29.4 Å². The first-order chi connectivity index (χ1) is 17.0. The van der Waals surface area contributed by atoms with Crippen molar-refractivity contribution in [2.45, 2.75) is 24.9 Å². The molecule has 0 bridgehead atoms. The molecule has 3 amide bonds. The number of fused-ring (bicyclic) bond motifs is 4. The number of thioether (sulfide) groups is 1. The molecule has 3 heterocycles. The minimum absolute atomic E-state index is 0.201. The van der Waals surface area contributed by atoms with Crippen molar-refractivity contribution in [3.8, 4) is 0 Å². The Kier molecular flexibility index (Phi) is 6.14. The molecule has 0 aromatic heterocycles. The van der Waals surface area contributed by atoms with Gasteiger partial charge in [0.05, 0.1) is 24.1 Å². The summed E-state index contributed by atoms with van der Waals surface area (Å²) in [6, 6.07) is 15.6. The van der Waals surface area contributed by atoms with Crippen LogP contribution in [0.1, 0.15) is 18.9 Å². The van der Waals surface area contributed by atoms with Gasteiger partial charge in [0.2, 0.25) is 11.8 Å². The highest BCUT2D eigenvalue weighted by Crippen LogP contribution is 2.55. The Hall–Kier alpha value is -3.17. The van der Waals surface area contributed by atoms with Gasteiger partial charge in [0.1, 0.15) is 12.1 Å². The summed E-state index contributed by atoms with van der Waals surface area (Å²) < 4.78 is 5.11. The van der Waals surface area contributed by atoms with Crippen LogP contribution >= 0.6 is 11.8 Å². The molecule has 2 aromatic carbocycles. The Bertz CT molecular complexity index is 1190. The second kappa shape index (κ2) is 9.13. The van der Waals surface area contributed by atoms with E-state index in [-0.39, 0.29) is 25.1 Å². The zero-order chi connectivity index (χ0) is 24.7. The largest absolute Gasteiger partial charge is 0.465 e. The molecule has 2 fully saturated rings. The van der Waals surface area contributed by atoms with Gasteiger partial charge in [0.25, 0.3) is 5.91 Å². The maximum atomic E-state index is 14.2. The molecule has 0 radical (unpaired) electrons. The maximum Gasteiger partial charge on any atom is 0.326 e. The summed E-state index contributed by atoms with van der Waals surface area (Å²) in [5.41, 5.74) is 0.248. The Morgan fingerprint density at radius 3 is 2.49 bits per heavy atom.